The predicted octanol–water partition coefficient (Wildman–Crippen LogP) is 2.72. The van der Waals surface area contributed by atoms with Gasteiger partial charge in [0, 0.05) is 25.7 Å². The highest BCUT2D eigenvalue weighted by Crippen LogP contribution is 2.29. The molecule has 1 fully saturated rings. The van der Waals surface area contributed by atoms with E-state index in [-0.39, 0.29) is 12.2 Å². The molecule has 0 unspecified atom stereocenters. The zero-order chi connectivity index (χ0) is 22.7. The van der Waals surface area contributed by atoms with Crippen molar-refractivity contribution in [1.82, 2.24) is 19.9 Å². The lowest BCUT2D eigenvalue weighted by atomic mass is 10.00. The molecule has 32 heavy (non-hydrogen) atoms. The van der Waals surface area contributed by atoms with Crippen LogP contribution >= 0.6 is 11.3 Å². The first-order chi connectivity index (χ1) is 15.5. The van der Waals surface area contributed by atoms with Gasteiger partial charge in [0.05, 0.1) is 13.7 Å². The predicted molar refractivity (Wildman–Crippen MR) is 123 cm³/mol. The lowest BCUT2D eigenvalue weighted by Crippen LogP contribution is -2.32. The van der Waals surface area contributed by atoms with Gasteiger partial charge < -0.3 is 19.7 Å². The Morgan fingerprint density at radius 3 is 2.75 bits per heavy atom. The molecule has 0 saturated carbocycles. The highest BCUT2D eigenvalue weighted by Gasteiger charge is 2.22. The number of methoxy groups -OCH3 is 1. The third kappa shape index (κ3) is 4.69. The van der Waals surface area contributed by atoms with Gasteiger partial charge in [-0.25, -0.2) is 0 Å². The van der Waals surface area contributed by atoms with Crippen molar-refractivity contribution >= 4 is 27.3 Å². The van der Waals surface area contributed by atoms with Crippen molar-refractivity contribution in [1.29, 1.82) is 0 Å². The van der Waals surface area contributed by atoms with E-state index >= 15 is 0 Å². The van der Waals surface area contributed by atoms with Crippen LogP contribution in [0.2, 0.25) is 0 Å². The maximum Gasteiger partial charge on any atom is 0.274 e. The SMILES string of the molecule is CCOc1cc(CNC(=O)c2cc(=O)nc3sc(N4CCC(C)CC4)nn23)ccc1OC. The van der Waals surface area contributed by atoms with Crippen LogP contribution in [0.1, 0.15) is 42.7 Å². The van der Waals surface area contributed by atoms with Crippen molar-refractivity contribution in [2.45, 2.75) is 33.2 Å². The molecule has 170 valence electrons. The number of rotatable bonds is 7. The van der Waals surface area contributed by atoms with Crippen molar-refractivity contribution in [3.8, 4) is 11.5 Å². The number of carbonyl (C=O) groups is 1. The number of nitrogens with one attached hydrogen (secondary N) is 1. The standard InChI is InChI=1S/C22H27N5O4S/c1-4-31-18-11-15(5-6-17(18)30-3)13-23-20(29)16-12-19(28)24-21-27(16)25-22(32-21)26-9-7-14(2)8-10-26/h5-6,11-12,14H,4,7-10,13H2,1-3H3,(H,23,29). The van der Waals surface area contributed by atoms with Gasteiger partial charge in [0.15, 0.2) is 11.5 Å². The van der Waals surface area contributed by atoms with E-state index < -0.39 is 11.5 Å². The van der Waals surface area contributed by atoms with E-state index in [4.69, 9.17) is 9.47 Å². The molecule has 1 amide bonds. The van der Waals surface area contributed by atoms with Crippen LogP contribution in [0.15, 0.2) is 29.1 Å². The number of fused-ring (bicyclic) bond motifs is 1. The van der Waals surface area contributed by atoms with Crippen LogP contribution in [0.5, 0.6) is 11.5 Å². The van der Waals surface area contributed by atoms with E-state index in [0.717, 1.165) is 36.6 Å². The lowest BCUT2D eigenvalue weighted by molar-refractivity contribution is 0.0943. The van der Waals surface area contributed by atoms with Crippen LogP contribution < -0.4 is 25.2 Å². The van der Waals surface area contributed by atoms with Crippen LogP contribution in [0, 0.1) is 5.92 Å². The number of carbonyl (C=O) groups excluding carboxylic acids is 1. The lowest BCUT2D eigenvalue weighted by Gasteiger charge is -2.29. The quantitative estimate of drug-likeness (QED) is 0.582. The first kappa shape index (κ1) is 22.1. The van der Waals surface area contributed by atoms with Gasteiger partial charge in [-0.3, -0.25) is 9.59 Å². The third-order valence-corrected chi connectivity index (χ3v) is 6.48. The Balaban J connectivity index is 1.54. The van der Waals surface area contributed by atoms with Gasteiger partial charge in [0.2, 0.25) is 10.1 Å². The zero-order valence-corrected chi connectivity index (χ0v) is 19.3. The van der Waals surface area contributed by atoms with Crippen LogP contribution in [-0.2, 0) is 6.54 Å². The van der Waals surface area contributed by atoms with Crippen molar-refractivity contribution < 1.29 is 14.3 Å². The number of nitrogens with zero attached hydrogens (tertiary/aromatic N) is 4. The summed E-state index contributed by atoms with van der Waals surface area (Å²) in [4.78, 5) is 31.7. The monoisotopic (exact) mass is 457 g/mol. The molecule has 10 heteroatoms. The minimum Gasteiger partial charge on any atom is -0.493 e. The number of hydrogen-bond donors (Lipinski definition) is 1. The van der Waals surface area contributed by atoms with Gasteiger partial charge in [-0.2, -0.15) is 9.50 Å². The maximum atomic E-state index is 12.9. The second-order valence-electron chi connectivity index (χ2n) is 7.83. The summed E-state index contributed by atoms with van der Waals surface area (Å²) in [5.74, 6) is 1.55. The Labute approximate surface area is 190 Å². The van der Waals surface area contributed by atoms with Crippen LogP contribution in [-0.4, -0.2) is 47.3 Å². The summed E-state index contributed by atoms with van der Waals surface area (Å²) >= 11 is 1.33. The number of piperidine rings is 1. The zero-order valence-electron chi connectivity index (χ0n) is 18.5. The molecule has 3 aromatic rings. The van der Waals surface area contributed by atoms with Gasteiger partial charge in [-0.1, -0.05) is 24.3 Å². The fraction of sp³-hybridized carbons (Fsp3) is 0.455. The number of amides is 1. The van der Waals surface area contributed by atoms with Crippen molar-refractivity contribution in [2.75, 3.05) is 31.7 Å². The molecule has 0 bridgehead atoms. The molecule has 3 heterocycles. The average molecular weight is 458 g/mol. The summed E-state index contributed by atoms with van der Waals surface area (Å²) in [7, 11) is 1.58. The fourth-order valence-electron chi connectivity index (χ4n) is 3.67. The first-order valence-corrected chi connectivity index (χ1v) is 11.5. The van der Waals surface area contributed by atoms with Crippen molar-refractivity contribution in [2.24, 2.45) is 5.92 Å². The second-order valence-corrected chi connectivity index (χ2v) is 8.76. The van der Waals surface area contributed by atoms with E-state index in [1.807, 2.05) is 19.1 Å². The molecular formula is C22H27N5O4S. The third-order valence-electron chi connectivity index (χ3n) is 5.51. The molecular weight excluding hydrogens is 430 g/mol. The fourth-order valence-corrected chi connectivity index (χ4v) is 4.63. The topological polar surface area (TPSA) is 98.1 Å². The van der Waals surface area contributed by atoms with E-state index in [9.17, 15) is 9.59 Å². The number of benzene rings is 1. The molecule has 1 aliphatic rings. The molecule has 1 saturated heterocycles. The van der Waals surface area contributed by atoms with Gasteiger partial charge in [0.25, 0.3) is 11.5 Å². The molecule has 9 nitrogen and oxygen atoms in total. The molecule has 0 radical (unpaired) electrons. The minimum atomic E-state index is -0.458. The molecule has 0 atom stereocenters. The Morgan fingerprint density at radius 2 is 2.03 bits per heavy atom. The molecule has 2 aromatic heterocycles. The molecule has 1 N–H and O–H groups in total. The average Bonchev–Trinajstić information content (AvgIpc) is 3.21. The second kappa shape index (κ2) is 9.56. The smallest absolute Gasteiger partial charge is 0.274 e. The molecule has 1 aromatic carbocycles. The summed E-state index contributed by atoms with van der Waals surface area (Å²) in [6.45, 7) is 6.74. The summed E-state index contributed by atoms with van der Waals surface area (Å²) in [5, 5.41) is 8.24. The number of aromatic nitrogens is 3. The minimum absolute atomic E-state index is 0.173. The molecule has 4 rings (SSSR count). The summed E-state index contributed by atoms with van der Waals surface area (Å²) < 4.78 is 12.4. The Morgan fingerprint density at radius 1 is 1.25 bits per heavy atom. The highest BCUT2D eigenvalue weighted by molar-refractivity contribution is 7.20. The summed E-state index contributed by atoms with van der Waals surface area (Å²) in [6, 6.07) is 6.71. The van der Waals surface area contributed by atoms with Gasteiger partial charge >= 0.3 is 0 Å². The molecule has 0 aliphatic carbocycles. The van der Waals surface area contributed by atoms with Crippen LogP contribution in [0.4, 0.5) is 5.13 Å². The Hall–Kier alpha value is -3.14. The van der Waals surface area contributed by atoms with Crippen LogP contribution in [0.3, 0.4) is 0 Å². The van der Waals surface area contributed by atoms with Crippen molar-refractivity contribution in [3.05, 3.63) is 45.9 Å². The maximum absolute atomic E-state index is 12.9. The van der Waals surface area contributed by atoms with Crippen LogP contribution in [0.25, 0.3) is 4.96 Å². The summed E-state index contributed by atoms with van der Waals surface area (Å²) in [6.07, 6.45) is 2.19. The number of hydrogen-bond acceptors (Lipinski definition) is 8. The molecule has 0 spiro atoms. The molecule has 1 aliphatic heterocycles. The van der Waals surface area contributed by atoms with E-state index in [2.05, 4.69) is 27.2 Å². The number of ether oxygens (including phenoxy) is 2. The summed E-state index contributed by atoms with van der Waals surface area (Å²) in [5.41, 5.74) is 0.564. The van der Waals surface area contributed by atoms with Gasteiger partial charge in [0.1, 0.15) is 5.69 Å². The Kier molecular flexibility index (Phi) is 6.59. The van der Waals surface area contributed by atoms with Crippen molar-refractivity contribution in [3.63, 3.8) is 0 Å². The largest absolute Gasteiger partial charge is 0.493 e. The van der Waals surface area contributed by atoms with Gasteiger partial charge in [-0.05, 0) is 43.4 Å². The number of anilines is 1. The Bertz CT molecular complexity index is 1170. The van der Waals surface area contributed by atoms with E-state index in [1.165, 1.54) is 21.9 Å². The van der Waals surface area contributed by atoms with Gasteiger partial charge in [-0.15, -0.1) is 5.10 Å². The normalized spacial score (nSPS) is 14.5. The highest BCUT2D eigenvalue weighted by atomic mass is 32.1. The first-order valence-electron chi connectivity index (χ1n) is 10.7. The van der Waals surface area contributed by atoms with E-state index in [0.29, 0.717) is 29.0 Å². The van der Waals surface area contributed by atoms with E-state index in [1.54, 1.807) is 13.2 Å².